The molecular formula is C11H9ClOS. The number of thioether (sulfide) groups is 1. The number of carbonyl (C=O) groups excluding carboxylic acids is 1. The summed E-state index contributed by atoms with van der Waals surface area (Å²) in [5.74, 6) is 0.746. The molecule has 14 heavy (non-hydrogen) atoms. The molecule has 0 unspecified atom stereocenters. The average Bonchev–Trinajstić information content (AvgIpc) is 2.20. The van der Waals surface area contributed by atoms with Crippen LogP contribution in [0.25, 0.3) is 0 Å². The summed E-state index contributed by atoms with van der Waals surface area (Å²) in [6.07, 6.45) is 0. The first-order chi connectivity index (χ1) is 6.72. The summed E-state index contributed by atoms with van der Waals surface area (Å²) in [6.45, 7) is 1.98. The number of halogens is 1. The SMILES string of the molecule is Cc1ccc2c(c1)C(=O)/C(=C/Cl)CS2. The molecule has 0 fully saturated rings. The Kier molecular flexibility index (Phi) is 2.66. The molecule has 1 aliphatic rings. The maximum absolute atomic E-state index is 11.8. The van der Waals surface area contributed by atoms with Gasteiger partial charge in [-0.2, -0.15) is 0 Å². The Balaban J connectivity index is 2.54. The maximum Gasteiger partial charge on any atom is 0.191 e. The van der Waals surface area contributed by atoms with E-state index in [1.165, 1.54) is 5.54 Å². The van der Waals surface area contributed by atoms with Crippen LogP contribution < -0.4 is 0 Å². The van der Waals surface area contributed by atoms with E-state index in [1.807, 2.05) is 25.1 Å². The zero-order valence-electron chi connectivity index (χ0n) is 7.71. The topological polar surface area (TPSA) is 17.1 Å². The number of hydrogen-bond acceptors (Lipinski definition) is 2. The van der Waals surface area contributed by atoms with Crippen molar-refractivity contribution in [3.05, 3.63) is 40.4 Å². The first-order valence-electron chi connectivity index (χ1n) is 4.30. The van der Waals surface area contributed by atoms with Crippen LogP contribution >= 0.6 is 23.4 Å². The van der Waals surface area contributed by atoms with E-state index < -0.39 is 0 Å². The summed E-state index contributed by atoms with van der Waals surface area (Å²) in [6, 6.07) is 5.94. The average molecular weight is 225 g/mol. The predicted octanol–water partition coefficient (Wildman–Crippen LogP) is 3.41. The van der Waals surface area contributed by atoms with Gasteiger partial charge in [0.15, 0.2) is 5.78 Å². The monoisotopic (exact) mass is 224 g/mol. The number of carbonyl (C=O) groups is 1. The molecule has 0 aliphatic carbocycles. The molecule has 0 saturated carbocycles. The number of Topliss-reactive ketones (excluding diaryl/α,β-unsaturated/α-hetero) is 1. The second-order valence-electron chi connectivity index (χ2n) is 3.25. The first-order valence-corrected chi connectivity index (χ1v) is 5.72. The molecule has 1 aromatic rings. The van der Waals surface area contributed by atoms with Crippen LogP contribution in [-0.2, 0) is 0 Å². The van der Waals surface area contributed by atoms with Crippen molar-refractivity contribution in [3.63, 3.8) is 0 Å². The van der Waals surface area contributed by atoms with Crippen molar-refractivity contribution in [3.8, 4) is 0 Å². The predicted molar refractivity (Wildman–Crippen MR) is 60.2 cm³/mol. The van der Waals surface area contributed by atoms with E-state index in [2.05, 4.69) is 0 Å². The van der Waals surface area contributed by atoms with Gasteiger partial charge in [-0.15, -0.1) is 11.8 Å². The third-order valence-corrected chi connectivity index (χ3v) is 3.57. The summed E-state index contributed by atoms with van der Waals surface area (Å²) in [5, 5.41) is 0. The van der Waals surface area contributed by atoms with Crippen LogP contribution in [0.3, 0.4) is 0 Å². The fraction of sp³-hybridized carbons (Fsp3) is 0.182. The molecular weight excluding hydrogens is 216 g/mol. The Labute approximate surface area is 92.1 Å². The van der Waals surface area contributed by atoms with Gasteiger partial charge in [-0.3, -0.25) is 4.79 Å². The minimum atomic E-state index is 0.0671. The van der Waals surface area contributed by atoms with E-state index in [4.69, 9.17) is 11.6 Å². The van der Waals surface area contributed by atoms with Crippen molar-refractivity contribution in [1.82, 2.24) is 0 Å². The molecule has 0 atom stereocenters. The minimum absolute atomic E-state index is 0.0671. The van der Waals surface area contributed by atoms with Gasteiger partial charge in [-0.1, -0.05) is 23.2 Å². The minimum Gasteiger partial charge on any atom is -0.289 e. The number of fused-ring (bicyclic) bond motifs is 1. The largest absolute Gasteiger partial charge is 0.289 e. The lowest BCUT2D eigenvalue weighted by Gasteiger charge is -2.16. The summed E-state index contributed by atoms with van der Waals surface area (Å²) < 4.78 is 0. The molecule has 1 heterocycles. The summed E-state index contributed by atoms with van der Waals surface area (Å²) in [7, 11) is 0. The molecule has 1 aliphatic heterocycles. The first kappa shape index (κ1) is 9.81. The standard InChI is InChI=1S/C11H9ClOS/c1-7-2-3-10-9(4-7)11(13)8(5-12)6-14-10/h2-5H,6H2,1H3/b8-5+. The van der Waals surface area contributed by atoms with Gasteiger partial charge in [0.25, 0.3) is 0 Å². The van der Waals surface area contributed by atoms with Gasteiger partial charge in [-0.25, -0.2) is 0 Å². The van der Waals surface area contributed by atoms with Crippen LogP contribution in [0.1, 0.15) is 15.9 Å². The highest BCUT2D eigenvalue weighted by Crippen LogP contribution is 2.33. The molecule has 0 spiro atoms. The molecule has 3 heteroatoms. The lowest BCUT2D eigenvalue weighted by atomic mass is 10.0. The van der Waals surface area contributed by atoms with Crippen LogP contribution in [0.5, 0.6) is 0 Å². The van der Waals surface area contributed by atoms with Crippen molar-refractivity contribution >= 4 is 29.1 Å². The molecule has 0 aromatic heterocycles. The molecule has 0 saturated heterocycles. The fourth-order valence-corrected chi connectivity index (χ4v) is 2.69. The van der Waals surface area contributed by atoms with E-state index >= 15 is 0 Å². The summed E-state index contributed by atoms with van der Waals surface area (Å²) in [4.78, 5) is 12.9. The quantitative estimate of drug-likeness (QED) is 0.629. The van der Waals surface area contributed by atoms with Crippen molar-refractivity contribution in [2.45, 2.75) is 11.8 Å². The lowest BCUT2D eigenvalue weighted by Crippen LogP contribution is -2.12. The molecule has 72 valence electrons. The Bertz CT molecular complexity index is 423. The van der Waals surface area contributed by atoms with Crippen molar-refractivity contribution in [2.75, 3.05) is 5.75 Å². The van der Waals surface area contributed by atoms with Crippen molar-refractivity contribution in [2.24, 2.45) is 0 Å². The summed E-state index contributed by atoms with van der Waals surface area (Å²) in [5.41, 5.74) is 3.97. The third kappa shape index (κ3) is 1.60. The van der Waals surface area contributed by atoms with Crippen LogP contribution in [0.15, 0.2) is 34.2 Å². The van der Waals surface area contributed by atoms with Gasteiger partial charge < -0.3 is 0 Å². The van der Waals surface area contributed by atoms with Gasteiger partial charge in [0.05, 0.1) is 0 Å². The highest BCUT2D eigenvalue weighted by molar-refractivity contribution is 7.99. The van der Waals surface area contributed by atoms with Crippen LogP contribution in [-0.4, -0.2) is 11.5 Å². The fourth-order valence-electron chi connectivity index (χ4n) is 1.42. The normalized spacial score (nSPS) is 18.4. The molecule has 1 nitrogen and oxygen atoms in total. The van der Waals surface area contributed by atoms with Crippen LogP contribution in [0, 0.1) is 6.92 Å². The molecule has 0 bridgehead atoms. The second-order valence-corrected chi connectivity index (χ2v) is 4.49. The highest BCUT2D eigenvalue weighted by atomic mass is 35.5. The van der Waals surface area contributed by atoms with Crippen LogP contribution in [0.4, 0.5) is 0 Å². The smallest absolute Gasteiger partial charge is 0.191 e. The highest BCUT2D eigenvalue weighted by Gasteiger charge is 2.21. The molecule has 0 radical (unpaired) electrons. The van der Waals surface area contributed by atoms with Crippen LogP contribution in [0.2, 0.25) is 0 Å². The van der Waals surface area contributed by atoms with Gasteiger partial charge in [0.1, 0.15) is 0 Å². The maximum atomic E-state index is 11.8. The molecule has 1 aromatic carbocycles. The zero-order valence-corrected chi connectivity index (χ0v) is 9.28. The van der Waals surface area contributed by atoms with Crippen molar-refractivity contribution in [1.29, 1.82) is 0 Å². The number of aryl methyl sites for hydroxylation is 1. The molecule has 0 amide bonds. The second kappa shape index (κ2) is 3.79. The van der Waals surface area contributed by atoms with E-state index in [0.717, 1.165) is 16.0 Å². The zero-order chi connectivity index (χ0) is 10.1. The third-order valence-electron chi connectivity index (χ3n) is 2.19. The van der Waals surface area contributed by atoms with Gasteiger partial charge in [0, 0.05) is 27.3 Å². The van der Waals surface area contributed by atoms with E-state index in [9.17, 15) is 4.79 Å². The number of hydrogen-bond donors (Lipinski definition) is 0. The Morgan fingerprint density at radius 1 is 1.50 bits per heavy atom. The molecule has 2 rings (SSSR count). The van der Waals surface area contributed by atoms with E-state index in [0.29, 0.717) is 11.3 Å². The summed E-state index contributed by atoms with van der Waals surface area (Å²) >= 11 is 7.25. The van der Waals surface area contributed by atoms with Gasteiger partial charge in [0.2, 0.25) is 0 Å². The van der Waals surface area contributed by atoms with E-state index in [-0.39, 0.29) is 5.78 Å². The number of benzene rings is 1. The number of rotatable bonds is 0. The van der Waals surface area contributed by atoms with Gasteiger partial charge in [-0.05, 0) is 19.1 Å². The molecule has 0 N–H and O–H groups in total. The Hall–Kier alpha value is -0.730. The Morgan fingerprint density at radius 3 is 3.00 bits per heavy atom. The number of ketones is 1. The lowest BCUT2D eigenvalue weighted by molar-refractivity contribution is 0.103. The van der Waals surface area contributed by atoms with Crippen molar-refractivity contribution < 1.29 is 4.79 Å². The van der Waals surface area contributed by atoms with Gasteiger partial charge >= 0.3 is 0 Å². The van der Waals surface area contributed by atoms with E-state index in [1.54, 1.807) is 11.8 Å². The Morgan fingerprint density at radius 2 is 2.29 bits per heavy atom.